The van der Waals surface area contributed by atoms with Gasteiger partial charge < -0.3 is 30.2 Å². The molecule has 9 heteroatoms. The van der Waals surface area contributed by atoms with Crippen molar-refractivity contribution >= 4 is 29.9 Å². The number of hydrogen-bond donors (Lipinski definition) is 2. The molecule has 1 aromatic carbocycles. The van der Waals surface area contributed by atoms with Gasteiger partial charge in [-0.1, -0.05) is 0 Å². The van der Waals surface area contributed by atoms with Crippen LogP contribution in [0.2, 0.25) is 0 Å². The van der Waals surface area contributed by atoms with Gasteiger partial charge in [0.05, 0.1) is 32.1 Å². The van der Waals surface area contributed by atoms with Crippen LogP contribution < -0.4 is 20.5 Å². The summed E-state index contributed by atoms with van der Waals surface area (Å²) in [4.78, 5) is 27.1. The number of nitrogens with two attached hydrogens (primary N) is 1. The van der Waals surface area contributed by atoms with Gasteiger partial charge in [-0.15, -0.1) is 12.4 Å². The van der Waals surface area contributed by atoms with Gasteiger partial charge in [0, 0.05) is 26.3 Å². The molecule has 1 saturated heterocycles. The maximum atomic E-state index is 13.0. The van der Waals surface area contributed by atoms with Gasteiger partial charge in [-0.05, 0) is 25.3 Å². The van der Waals surface area contributed by atoms with E-state index in [-0.39, 0.29) is 24.9 Å². The Morgan fingerprint density at radius 1 is 1.11 bits per heavy atom. The number of carbonyl (C=O) groups excluding carboxylic acids is 2. The van der Waals surface area contributed by atoms with Crippen molar-refractivity contribution in [1.82, 2.24) is 4.90 Å². The van der Waals surface area contributed by atoms with E-state index in [1.807, 2.05) is 0 Å². The Morgan fingerprint density at radius 2 is 1.70 bits per heavy atom. The molecule has 0 aromatic heterocycles. The number of rotatable bonds is 7. The first-order chi connectivity index (χ1) is 12.5. The summed E-state index contributed by atoms with van der Waals surface area (Å²) in [6.45, 7) is 1.47. The number of anilines is 1. The predicted octanol–water partition coefficient (Wildman–Crippen LogP) is 1.66. The molecule has 1 heterocycles. The third-order valence-electron chi connectivity index (χ3n) is 4.34. The lowest BCUT2D eigenvalue weighted by atomic mass is 10.1. The number of hydrogen-bond acceptors (Lipinski definition) is 6. The fraction of sp³-hybridized carbons (Fsp3) is 0.556. The molecule has 1 unspecified atom stereocenters. The third-order valence-corrected chi connectivity index (χ3v) is 4.34. The second kappa shape index (κ2) is 11.0. The predicted molar refractivity (Wildman–Crippen MR) is 105 cm³/mol. The van der Waals surface area contributed by atoms with Crippen molar-refractivity contribution in [2.45, 2.75) is 25.3 Å². The Kier molecular flexibility index (Phi) is 9.34. The quantitative estimate of drug-likeness (QED) is 0.720. The number of ether oxygens (including phenoxy) is 3. The summed E-state index contributed by atoms with van der Waals surface area (Å²) in [6, 6.07) is 2.33. The number of carbonyl (C=O) groups is 2. The van der Waals surface area contributed by atoms with Crippen molar-refractivity contribution in [2.24, 2.45) is 5.73 Å². The van der Waals surface area contributed by atoms with Crippen LogP contribution in [0.25, 0.3) is 0 Å². The standard InChI is InChI=1S/C18H27N3O5.ClH/c1-24-11-13(19)17(22)20-14-10-16(26-3)15(25-2)9-12(14)18(23)21-7-5-4-6-8-21;/h9-10,13H,4-8,11,19H2,1-3H3,(H,20,22);1H. The highest BCUT2D eigenvalue weighted by atomic mass is 35.5. The largest absolute Gasteiger partial charge is 0.493 e. The van der Waals surface area contributed by atoms with Crippen molar-refractivity contribution in [1.29, 1.82) is 0 Å². The van der Waals surface area contributed by atoms with Crippen LogP contribution in [0.4, 0.5) is 5.69 Å². The fourth-order valence-electron chi connectivity index (χ4n) is 2.91. The molecular weight excluding hydrogens is 374 g/mol. The van der Waals surface area contributed by atoms with Crippen molar-refractivity contribution in [3.8, 4) is 11.5 Å². The van der Waals surface area contributed by atoms with Gasteiger partial charge >= 0.3 is 0 Å². The average molecular weight is 402 g/mol. The summed E-state index contributed by atoms with van der Waals surface area (Å²) < 4.78 is 15.5. The van der Waals surface area contributed by atoms with Crippen LogP contribution in [-0.4, -0.2) is 63.8 Å². The topological polar surface area (TPSA) is 103 Å². The van der Waals surface area contributed by atoms with Gasteiger partial charge in [0.2, 0.25) is 5.91 Å². The summed E-state index contributed by atoms with van der Waals surface area (Å²) in [7, 11) is 4.46. The molecular formula is C18H28ClN3O5. The zero-order valence-electron chi connectivity index (χ0n) is 15.9. The Labute approximate surface area is 165 Å². The van der Waals surface area contributed by atoms with Crippen LogP contribution in [0.15, 0.2) is 12.1 Å². The first kappa shape index (κ1) is 23.0. The van der Waals surface area contributed by atoms with E-state index in [2.05, 4.69) is 5.32 Å². The lowest BCUT2D eigenvalue weighted by molar-refractivity contribution is -0.118. The lowest BCUT2D eigenvalue weighted by Crippen LogP contribution is -2.40. The third kappa shape index (κ3) is 5.72. The number of methoxy groups -OCH3 is 3. The number of halogens is 1. The van der Waals surface area contributed by atoms with E-state index in [1.54, 1.807) is 17.0 Å². The van der Waals surface area contributed by atoms with E-state index in [0.29, 0.717) is 35.8 Å². The zero-order valence-corrected chi connectivity index (χ0v) is 16.8. The van der Waals surface area contributed by atoms with Crippen LogP contribution >= 0.6 is 12.4 Å². The monoisotopic (exact) mass is 401 g/mol. The van der Waals surface area contributed by atoms with E-state index in [0.717, 1.165) is 19.3 Å². The van der Waals surface area contributed by atoms with E-state index < -0.39 is 11.9 Å². The SMILES string of the molecule is COCC(N)C(=O)Nc1cc(OC)c(OC)cc1C(=O)N1CCCCC1.Cl. The van der Waals surface area contributed by atoms with Gasteiger partial charge in [-0.2, -0.15) is 0 Å². The second-order valence-corrected chi connectivity index (χ2v) is 6.16. The molecule has 1 aromatic rings. The molecule has 1 atom stereocenters. The first-order valence-corrected chi connectivity index (χ1v) is 8.62. The number of likely N-dealkylation sites (tertiary alicyclic amines) is 1. The van der Waals surface area contributed by atoms with E-state index >= 15 is 0 Å². The molecule has 1 aliphatic rings. The van der Waals surface area contributed by atoms with E-state index in [9.17, 15) is 9.59 Å². The Morgan fingerprint density at radius 3 is 2.26 bits per heavy atom. The summed E-state index contributed by atoms with van der Waals surface area (Å²) in [5, 5.41) is 2.71. The molecule has 0 saturated carbocycles. The van der Waals surface area contributed by atoms with Crippen molar-refractivity contribution in [3.05, 3.63) is 17.7 Å². The minimum atomic E-state index is -0.842. The number of nitrogens with zero attached hydrogens (tertiary/aromatic N) is 1. The second-order valence-electron chi connectivity index (χ2n) is 6.16. The Bertz CT molecular complexity index is 650. The lowest BCUT2D eigenvalue weighted by Gasteiger charge is -2.28. The van der Waals surface area contributed by atoms with Gasteiger partial charge in [0.15, 0.2) is 11.5 Å². The molecule has 2 amide bonds. The van der Waals surface area contributed by atoms with E-state index in [1.165, 1.54) is 21.3 Å². The molecule has 152 valence electrons. The summed E-state index contributed by atoms with van der Waals surface area (Å²) in [5.41, 5.74) is 6.47. The average Bonchev–Trinajstić information content (AvgIpc) is 2.67. The maximum Gasteiger partial charge on any atom is 0.256 e. The molecule has 27 heavy (non-hydrogen) atoms. The van der Waals surface area contributed by atoms with Crippen LogP contribution in [0.3, 0.4) is 0 Å². The zero-order chi connectivity index (χ0) is 19.1. The van der Waals surface area contributed by atoms with Gasteiger partial charge in [0.1, 0.15) is 6.04 Å². The van der Waals surface area contributed by atoms with Crippen LogP contribution in [0.5, 0.6) is 11.5 Å². The van der Waals surface area contributed by atoms with Gasteiger partial charge in [0.25, 0.3) is 5.91 Å². The van der Waals surface area contributed by atoms with Crippen molar-refractivity contribution < 1.29 is 23.8 Å². The molecule has 0 spiro atoms. The molecule has 0 radical (unpaired) electrons. The van der Waals surface area contributed by atoms with Crippen molar-refractivity contribution in [3.63, 3.8) is 0 Å². The molecule has 2 rings (SSSR count). The fourth-order valence-corrected chi connectivity index (χ4v) is 2.91. The number of nitrogens with one attached hydrogen (secondary N) is 1. The summed E-state index contributed by atoms with van der Waals surface area (Å²) >= 11 is 0. The molecule has 1 fully saturated rings. The number of amides is 2. The maximum absolute atomic E-state index is 13.0. The molecule has 3 N–H and O–H groups in total. The van der Waals surface area contributed by atoms with Crippen LogP contribution in [-0.2, 0) is 9.53 Å². The first-order valence-electron chi connectivity index (χ1n) is 8.62. The smallest absolute Gasteiger partial charge is 0.256 e. The summed E-state index contributed by atoms with van der Waals surface area (Å²) in [6.07, 6.45) is 3.06. The molecule has 8 nitrogen and oxygen atoms in total. The summed E-state index contributed by atoms with van der Waals surface area (Å²) in [5.74, 6) is 0.249. The number of benzene rings is 1. The normalized spacial score (nSPS) is 14.7. The minimum absolute atomic E-state index is 0. The van der Waals surface area contributed by atoms with Gasteiger partial charge in [-0.3, -0.25) is 9.59 Å². The Hall–Kier alpha value is -2.03. The highest BCUT2D eigenvalue weighted by Crippen LogP contribution is 2.34. The molecule has 1 aliphatic heterocycles. The molecule has 0 aliphatic carbocycles. The molecule has 0 bridgehead atoms. The van der Waals surface area contributed by atoms with Crippen molar-refractivity contribution in [2.75, 3.05) is 46.3 Å². The number of piperidine rings is 1. The highest BCUT2D eigenvalue weighted by molar-refractivity contribution is 6.05. The van der Waals surface area contributed by atoms with Crippen LogP contribution in [0, 0.1) is 0 Å². The minimum Gasteiger partial charge on any atom is -0.493 e. The van der Waals surface area contributed by atoms with Gasteiger partial charge in [-0.25, -0.2) is 0 Å². The van der Waals surface area contributed by atoms with E-state index in [4.69, 9.17) is 19.9 Å². The van der Waals surface area contributed by atoms with Crippen LogP contribution in [0.1, 0.15) is 29.6 Å². The Balaban J connectivity index is 0.00000364. The highest BCUT2D eigenvalue weighted by Gasteiger charge is 2.25.